The van der Waals surface area contributed by atoms with Gasteiger partial charge >= 0.3 is 0 Å². The molecular formula is C28H38ClN3O2. The van der Waals surface area contributed by atoms with Gasteiger partial charge in [-0.05, 0) is 101 Å². The van der Waals surface area contributed by atoms with Gasteiger partial charge in [0, 0.05) is 48.8 Å². The van der Waals surface area contributed by atoms with Crippen LogP contribution >= 0.6 is 11.6 Å². The van der Waals surface area contributed by atoms with Crippen molar-refractivity contribution in [3.8, 4) is 5.75 Å². The minimum absolute atomic E-state index is 0.0845. The molecule has 2 atom stereocenters. The molecular weight excluding hydrogens is 446 g/mol. The second-order valence-corrected chi connectivity index (χ2v) is 10.3. The highest BCUT2D eigenvalue weighted by Crippen LogP contribution is 2.31. The van der Waals surface area contributed by atoms with Gasteiger partial charge in [-0.15, -0.1) is 0 Å². The summed E-state index contributed by atoms with van der Waals surface area (Å²) in [4.78, 5) is 19.7. The molecule has 5 nitrogen and oxygen atoms in total. The van der Waals surface area contributed by atoms with E-state index in [1.165, 1.54) is 36.1 Å². The first kappa shape index (κ1) is 25.0. The van der Waals surface area contributed by atoms with Crippen LogP contribution in [-0.4, -0.2) is 73.0 Å². The van der Waals surface area contributed by atoms with E-state index in [1.54, 1.807) is 24.3 Å². The number of ether oxygens (including phenoxy) is 1. The summed E-state index contributed by atoms with van der Waals surface area (Å²) in [6, 6.07) is 12.5. The molecule has 0 bridgehead atoms. The van der Waals surface area contributed by atoms with Crippen LogP contribution in [0.1, 0.15) is 59.3 Å². The van der Waals surface area contributed by atoms with Gasteiger partial charge in [0.15, 0.2) is 0 Å². The van der Waals surface area contributed by atoms with E-state index in [0.717, 1.165) is 45.0 Å². The van der Waals surface area contributed by atoms with E-state index in [2.05, 4.69) is 49.8 Å². The summed E-state index contributed by atoms with van der Waals surface area (Å²) in [5.74, 6) is 1.09. The summed E-state index contributed by atoms with van der Waals surface area (Å²) in [5, 5.41) is 0.652. The number of benzene rings is 2. The predicted molar refractivity (Wildman–Crippen MR) is 139 cm³/mol. The number of rotatable bonds is 7. The first-order valence-electron chi connectivity index (χ1n) is 12.6. The van der Waals surface area contributed by atoms with Crippen LogP contribution < -0.4 is 4.74 Å². The number of halogens is 1. The zero-order valence-electron chi connectivity index (χ0n) is 21.0. The molecule has 2 heterocycles. The third-order valence-corrected chi connectivity index (χ3v) is 8.10. The molecule has 0 saturated carbocycles. The minimum atomic E-state index is 0.0845. The Morgan fingerprint density at radius 2 is 1.74 bits per heavy atom. The Morgan fingerprint density at radius 3 is 2.38 bits per heavy atom. The fourth-order valence-electron chi connectivity index (χ4n) is 5.36. The average molecular weight is 484 g/mol. The Bertz CT molecular complexity index is 986. The van der Waals surface area contributed by atoms with Crippen LogP contribution in [0.4, 0.5) is 0 Å². The summed E-state index contributed by atoms with van der Waals surface area (Å²) in [5.41, 5.74) is 4.59. The molecule has 2 aromatic rings. The van der Waals surface area contributed by atoms with Crippen LogP contribution in [0.25, 0.3) is 0 Å². The van der Waals surface area contributed by atoms with Crippen molar-refractivity contribution >= 4 is 17.5 Å². The molecule has 0 spiro atoms. The van der Waals surface area contributed by atoms with E-state index in [1.807, 2.05) is 4.90 Å². The van der Waals surface area contributed by atoms with Crippen molar-refractivity contribution in [2.75, 3.05) is 46.4 Å². The molecule has 34 heavy (non-hydrogen) atoms. The van der Waals surface area contributed by atoms with Gasteiger partial charge in [0.1, 0.15) is 5.75 Å². The van der Waals surface area contributed by atoms with E-state index >= 15 is 0 Å². The lowest BCUT2D eigenvalue weighted by Crippen LogP contribution is -2.49. The second kappa shape index (κ2) is 11.1. The maximum Gasteiger partial charge on any atom is 0.253 e. The molecule has 0 radical (unpaired) electrons. The largest absolute Gasteiger partial charge is 0.493 e. The SMILES string of the molecule is Cc1c(OCCC2CCCN2C)ccc(C(C)N2CCN(C(=O)c3ccc(Cl)cc3)CC2)c1C. The first-order valence-corrected chi connectivity index (χ1v) is 12.9. The number of nitrogens with zero attached hydrogens (tertiary/aromatic N) is 3. The second-order valence-electron chi connectivity index (χ2n) is 9.83. The van der Waals surface area contributed by atoms with E-state index in [-0.39, 0.29) is 5.91 Å². The lowest BCUT2D eigenvalue weighted by molar-refractivity contribution is 0.0581. The Hall–Kier alpha value is -2.08. The van der Waals surface area contributed by atoms with Crippen molar-refractivity contribution in [2.45, 2.75) is 52.1 Å². The van der Waals surface area contributed by atoms with Crippen molar-refractivity contribution < 1.29 is 9.53 Å². The van der Waals surface area contributed by atoms with Crippen molar-refractivity contribution in [3.63, 3.8) is 0 Å². The number of likely N-dealkylation sites (tertiary alicyclic amines) is 1. The maximum atomic E-state index is 12.8. The van der Waals surface area contributed by atoms with E-state index in [4.69, 9.17) is 16.3 Å². The summed E-state index contributed by atoms with van der Waals surface area (Å²) in [6.07, 6.45) is 3.68. The third-order valence-electron chi connectivity index (χ3n) is 7.85. The van der Waals surface area contributed by atoms with E-state index in [9.17, 15) is 4.79 Å². The zero-order valence-corrected chi connectivity index (χ0v) is 21.8. The monoisotopic (exact) mass is 483 g/mol. The molecule has 4 rings (SSSR count). The number of hydrogen-bond acceptors (Lipinski definition) is 4. The molecule has 2 aliphatic rings. The summed E-state index contributed by atoms with van der Waals surface area (Å²) in [6.45, 7) is 11.8. The molecule has 2 aromatic carbocycles. The lowest BCUT2D eigenvalue weighted by Gasteiger charge is -2.39. The number of hydrogen-bond donors (Lipinski definition) is 0. The molecule has 2 saturated heterocycles. The topological polar surface area (TPSA) is 36.0 Å². The van der Waals surface area contributed by atoms with Crippen molar-refractivity contribution in [1.82, 2.24) is 14.7 Å². The highest BCUT2D eigenvalue weighted by molar-refractivity contribution is 6.30. The molecule has 0 aromatic heterocycles. The first-order chi connectivity index (χ1) is 16.3. The molecule has 6 heteroatoms. The van der Waals surface area contributed by atoms with E-state index in [0.29, 0.717) is 22.7 Å². The van der Waals surface area contributed by atoms with Gasteiger partial charge in [0.25, 0.3) is 5.91 Å². The summed E-state index contributed by atoms with van der Waals surface area (Å²) in [7, 11) is 2.22. The standard InChI is InChI=1S/C28H38ClN3O2/c1-20-21(2)27(34-19-13-25-6-5-14-30(25)4)12-11-26(20)22(3)31-15-17-32(18-16-31)28(33)23-7-9-24(29)10-8-23/h7-12,22,25H,5-6,13-19H2,1-4H3. The number of carbonyl (C=O) groups is 1. The predicted octanol–water partition coefficient (Wildman–Crippen LogP) is 5.34. The summed E-state index contributed by atoms with van der Waals surface area (Å²) >= 11 is 5.96. The van der Waals surface area contributed by atoms with Crippen molar-refractivity contribution in [2.24, 2.45) is 0 Å². The van der Waals surface area contributed by atoms with Crippen LogP contribution in [0, 0.1) is 13.8 Å². The van der Waals surface area contributed by atoms with Gasteiger partial charge in [-0.25, -0.2) is 0 Å². The fraction of sp³-hybridized carbons (Fsp3) is 0.536. The Kier molecular flexibility index (Phi) is 8.18. The number of piperazine rings is 1. The maximum absolute atomic E-state index is 12.8. The van der Waals surface area contributed by atoms with Crippen molar-refractivity contribution in [1.29, 1.82) is 0 Å². The molecule has 2 aliphatic heterocycles. The van der Waals surface area contributed by atoms with Crippen LogP contribution in [-0.2, 0) is 0 Å². The van der Waals surface area contributed by atoms with Crippen molar-refractivity contribution in [3.05, 3.63) is 63.7 Å². The highest BCUT2D eigenvalue weighted by Gasteiger charge is 2.27. The van der Waals surface area contributed by atoms with Crippen LogP contribution in [0.2, 0.25) is 5.02 Å². The molecule has 2 fully saturated rings. The Labute approximate surface area is 209 Å². The number of carbonyl (C=O) groups excluding carboxylic acids is 1. The lowest BCUT2D eigenvalue weighted by atomic mass is 9.96. The summed E-state index contributed by atoms with van der Waals surface area (Å²) < 4.78 is 6.21. The quantitative estimate of drug-likeness (QED) is 0.532. The highest BCUT2D eigenvalue weighted by atomic mass is 35.5. The van der Waals surface area contributed by atoms with Crippen LogP contribution in [0.15, 0.2) is 36.4 Å². The van der Waals surface area contributed by atoms with Gasteiger partial charge in [0.05, 0.1) is 6.61 Å². The van der Waals surface area contributed by atoms with Crippen LogP contribution in [0.3, 0.4) is 0 Å². The van der Waals surface area contributed by atoms with Gasteiger partial charge < -0.3 is 14.5 Å². The molecule has 184 valence electrons. The molecule has 0 aliphatic carbocycles. The van der Waals surface area contributed by atoms with Gasteiger partial charge in [-0.3, -0.25) is 9.69 Å². The van der Waals surface area contributed by atoms with Gasteiger partial charge in [-0.1, -0.05) is 17.7 Å². The third kappa shape index (κ3) is 5.59. The fourth-order valence-corrected chi connectivity index (χ4v) is 5.48. The smallest absolute Gasteiger partial charge is 0.253 e. The zero-order chi connectivity index (χ0) is 24.2. The van der Waals surface area contributed by atoms with Gasteiger partial charge in [0.2, 0.25) is 0 Å². The van der Waals surface area contributed by atoms with Gasteiger partial charge in [-0.2, -0.15) is 0 Å². The molecule has 2 unspecified atom stereocenters. The van der Waals surface area contributed by atoms with Crippen LogP contribution in [0.5, 0.6) is 5.75 Å². The molecule has 0 N–H and O–H groups in total. The van der Waals surface area contributed by atoms with E-state index < -0.39 is 0 Å². The molecule has 1 amide bonds. The number of amides is 1. The Balaban J connectivity index is 1.33. The average Bonchev–Trinajstić information content (AvgIpc) is 3.26. The minimum Gasteiger partial charge on any atom is -0.493 e. The normalized spacial score (nSPS) is 20.5. The Morgan fingerprint density at radius 1 is 1.03 bits per heavy atom.